The largest absolute Gasteiger partial charge is 0.314 e. The summed E-state index contributed by atoms with van der Waals surface area (Å²) in [6.45, 7) is 11.0. The molecule has 0 radical (unpaired) electrons. The summed E-state index contributed by atoms with van der Waals surface area (Å²) in [6.07, 6.45) is 8.41. The molecule has 1 aliphatic heterocycles. The van der Waals surface area contributed by atoms with Gasteiger partial charge in [0.1, 0.15) is 0 Å². The highest BCUT2D eigenvalue weighted by Gasteiger charge is 2.31. The van der Waals surface area contributed by atoms with Crippen LogP contribution in [0.2, 0.25) is 0 Å². The van der Waals surface area contributed by atoms with Gasteiger partial charge in [0.15, 0.2) is 0 Å². The van der Waals surface area contributed by atoms with Crippen LogP contribution in [0.4, 0.5) is 0 Å². The SMILES string of the molecule is CCCNC1CCN(C2CCCC(C)C2)CC1C. The first kappa shape index (κ1) is 14.3. The lowest BCUT2D eigenvalue weighted by atomic mass is 9.84. The van der Waals surface area contributed by atoms with E-state index in [0.717, 1.165) is 23.9 Å². The smallest absolute Gasteiger partial charge is 0.0117 e. The van der Waals surface area contributed by atoms with Gasteiger partial charge in [-0.1, -0.05) is 33.6 Å². The normalized spacial score (nSPS) is 38.8. The van der Waals surface area contributed by atoms with Crippen molar-refractivity contribution in [3.63, 3.8) is 0 Å². The van der Waals surface area contributed by atoms with Crippen molar-refractivity contribution < 1.29 is 0 Å². The zero-order valence-electron chi connectivity index (χ0n) is 12.6. The van der Waals surface area contributed by atoms with Crippen LogP contribution in [0.1, 0.15) is 59.3 Å². The quantitative estimate of drug-likeness (QED) is 0.826. The molecule has 1 saturated heterocycles. The van der Waals surface area contributed by atoms with Crippen LogP contribution in [0.25, 0.3) is 0 Å². The summed E-state index contributed by atoms with van der Waals surface area (Å²) in [5.74, 6) is 1.78. The van der Waals surface area contributed by atoms with E-state index < -0.39 is 0 Å². The lowest BCUT2D eigenvalue weighted by Gasteiger charge is -2.43. The molecule has 4 unspecified atom stereocenters. The van der Waals surface area contributed by atoms with Gasteiger partial charge in [0.2, 0.25) is 0 Å². The molecule has 4 atom stereocenters. The molecule has 0 spiro atoms. The van der Waals surface area contributed by atoms with Crippen molar-refractivity contribution in [2.75, 3.05) is 19.6 Å². The molecular weight excluding hydrogens is 220 g/mol. The number of nitrogens with zero attached hydrogens (tertiary/aromatic N) is 1. The highest BCUT2D eigenvalue weighted by molar-refractivity contribution is 4.87. The van der Waals surface area contributed by atoms with Crippen molar-refractivity contribution in [1.29, 1.82) is 0 Å². The van der Waals surface area contributed by atoms with E-state index in [9.17, 15) is 0 Å². The van der Waals surface area contributed by atoms with E-state index in [2.05, 4.69) is 31.0 Å². The van der Waals surface area contributed by atoms with Crippen LogP contribution >= 0.6 is 0 Å². The van der Waals surface area contributed by atoms with Crippen LogP contribution in [0.15, 0.2) is 0 Å². The van der Waals surface area contributed by atoms with Gasteiger partial charge in [-0.25, -0.2) is 0 Å². The first-order chi connectivity index (χ1) is 8.70. The van der Waals surface area contributed by atoms with E-state index in [0.29, 0.717) is 0 Å². The average molecular weight is 252 g/mol. The Morgan fingerprint density at radius 3 is 2.67 bits per heavy atom. The van der Waals surface area contributed by atoms with Crippen LogP contribution in [0, 0.1) is 11.8 Å². The first-order valence-electron chi connectivity index (χ1n) is 8.18. The Hall–Kier alpha value is -0.0800. The molecule has 2 fully saturated rings. The van der Waals surface area contributed by atoms with Crippen molar-refractivity contribution >= 4 is 0 Å². The molecule has 2 nitrogen and oxygen atoms in total. The van der Waals surface area contributed by atoms with Gasteiger partial charge in [0.25, 0.3) is 0 Å². The van der Waals surface area contributed by atoms with Crippen LogP contribution in [0.5, 0.6) is 0 Å². The number of hydrogen-bond donors (Lipinski definition) is 1. The molecule has 2 rings (SSSR count). The topological polar surface area (TPSA) is 15.3 Å². The molecule has 1 saturated carbocycles. The zero-order chi connectivity index (χ0) is 13.0. The molecule has 2 aliphatic rings. The van der Waals surface area contributed by atoms with E-state index in [1.165, 1.54) is 58.2 Å². The van der Waals surface area contributed by atoms with Crippen molar-refractivity contribution in [2.24, 2.45) is 11.8 Å². The number of rotatable bonds is 4. The fraction of sp³-hybridized carbons (Fsp3) is 1.00. The molecule has 0 amide bonds. The van der Waals surface area contributed by atoms with Gasteiger partial charge in [0, 0.05) is 18.6 Å². The predicted molar refractivity (Wildman–Crippen MR) is 78.9 cm³/mol. The Morgan fingerprint density at radius 2 is 2.00 bits per heavy atom. The minimum Gasteiger partial charge on any atom is -0.314 e. The minimum atomic E-state index is 0.766. The highest BCUT2D eigenvalue weighted by atomic mass is 15.2. The van der Waals surface area contributed by atoms with Crippen LogP contribution in [-0.4, -0.2) is 36.6 Å². The fourth-order valence-electron chi connectivity index (χ4n) is 3.88. The summed E-state index contributed by atoms with van der Waals surface area (Å²) in [7, 11) is 0. The molecule has 1 N–H and O–H groups in total. The van der Waals surface area contributed by atoms with Crippen molar-refractivity contribution in [3.8, 4) is 0 Å². The van der Waals surface area contributed by atoms with E-state index >= 15 is 0 Å². The number of likely N-dealkylation sites (tertiary alicyclic amines) is 1. The summed E-state index contributed by atoms with van der Waals surface area (Å²) in [5.41, 5.74) is 0. The van der Waals surface area contributed by atoms with Crippen LogP contribution < -0.4 is 5.32 Å². The molecule has 0 aromatic carbocycles. The summed E-state index contributed by atoms with van der Waals surface area (Å²) in [6, 6.07) is 1.66. The first-order valence-corrected chi connectivity index (χ1v) is 8.18. The van der Waals surface area contributed by atoms with Crippen molar-refractivity contribution in [3.05, 3.63) is 0 Å². The maximum Gasteiger partial charge on any atom is 0.0117 e. The maximum absolute atomic E-state index is 3.73. The molecule has 0 bridgehead atoms. The second kappa shape index (κ2) is 6.91. The lowest BCUT2D eigenvalue weighted by Crippen LogP contribution is -2.52. The molecule has 0 aromatic rings. The molecule has 106 valence electrons. The number of piperidine rings is 1. The molecule has 2 heteroatoms. The van der Waals surface area contributed by atoms with Crippen molar-refractivity contribution in [1.82, 2.24) is 10.2 Å². The van der Waals surface area contributed by atoms with Gasteiger partial charge >= 0.3 is 0 Å². The summed E-state index contributed by atoms with van der Waals surface area (Å²) in [4.78, 5) is 2.80. The summed E-state index contributed by atoms with van der Waals surface area (Å²) >= 11 is 0. The molecule has 18 heavy (non-hydrogen) atoms. The Labute approximate surface area is 114 Å². The second-order valence-electron chi connectivity index (χ2n) is 6.75. The Kier molecular flexibility index (Phi) is 5.50. The second-order valence-corrected chi connectivity index (χ2v) is 6.75. The van der Waals surface area contributed by atoms with Crippen LogP contribution in [0.3, 0.4) is 0 Å². The third-order valence-electron chi connectivity index (χ3n) is 5.02. The fourth-order valence-corrected chi connectivity index (χ4v) is 3.88. The standard InChI is InChI=1S/C16H32N2/c1-4-9-17-16-8-10-18(12-14(16)3)15-7-5-6-13(2)11-15/h13-17H,4-12H2,1-3H3. The monoisotopic (exact) mass is 252 g/mol. The van der Waals surface area contributed by atoms with Crippen LogP contribution in [-0.2, 0) is 0 Å². The van der Waals surface area contributed by atoms with E-state index in [1.807, 2.05) is 0 Å². The number of nitrogens with one attached hydrogen (secondary N) is 1. The van der Waals surface area contributed by atoms with Gasteiger partial charge in [-0.2, -0.15) is 0 Å². The van der Waals surface area contributed by atoms with E-state index in [-0.39, 0.29) is 0 Å². The van der Waals surface area contributed by atoms with E-state index in [1.54, 1.807) is 0 Å². The van der Waals surface area contributed by atoms with Gasteiger partial charge in [0.05, 0.1) is 0 Å². The molecule has 1 aliphatic carbocycles. The molecular formula is C16H32N2. The summed E-state index contributed by atoms with van der Waals surface area (Å²) < 4.78 is 0. The third-order valence-corrected chi connectivity index (χ3v) is 5.02. The Balaban J connectivity index is 1.80. The Morgan fingerprint density at radius 1 is 1.17 bits per heavy atom. The van der Waals surface area contributed by atoms with Gasteiger partial charge < -0.3 is 5.32 Å². The predicted octanol–water partition coefficient (Wildman–Crippen LogP) is 3.28. The van der Waals surface area contributed by atoms with Gasteiger partial charge in [-0.15, -0.1) is 0 Å². The third kappa shape index (κ3) is 3.71. The minimum absolute atomic E-state index is 0.766. The average Bonchev–Trinajstić information content (AvgIpc) is 2.37. The molecule has 0 aromatic heterocycles. The maximum atomic E-state index is 3.73. The van der Waals surface area contributed by atoms with E-state index in [4.69, 9.17) is 0 Å². The summed E-state index contributed by atoms with van der Waals surface area (Å²) in [5, 5.41) is 3.73. The van der Waals surface area contributed by atoms with Gasteiger partial charge in [-0.05, 0) is 50.6 Å². The molecule has 1 heterocycles. The van der Waals surface area contributed by atoms with Crippen molar-refractivity contribution in [2.45, 2.75) is 71.4 Å². The van der Waals surface area contributed by atoms with Gasteiger partial charge in [-0.3, -0.25) is 4.90 Å². The zero-order valence-corrected chi connectivity index (χ0v) is 12.6. The Bertz CT molecular complexity index is 241. The number of hydrogen-bond acceptors (Lipinski definition) is 2. The highest BCUT2D eigenvalue weighted by Crippen LogP contribution is 2.30. The lowest BCUT2D eigenvalue weighted by molar-refractivity contribution is 0.0725.